The number of aromatic hydroxyl groups is 1. The van der Waals surface area contributed by atoms with Crippen molar-refractivity contribution in [2.75, 3.05) is 0 Å². The normalized spacial score (nSPS) is 11.1. The van der Waals surface area contributed by atoms with E-state index in [0.717, 1.165) is 24.2 Å². The highest BCUT2D eigenvalue weighted by molar-refractivity contribution is 6.35. The van der Waals surface area contributed by atoms with Gasteiger partial charge in [-0.15, -0.1) is 0 Å². The fourth-order valence-corrected chi connectivity index (χ4v) is 2.06. The molecule has 1 heterocycles. The molecule has 1 aromatic heterocycles. The Morgan fingerprint density at radius 3 is 2.80 bits per heavy atom. The van der Waals surface area contributed by atoms with Crippen molar-refractivity contribution in [2.24, 2.45) is 0 Å². The van der Waals surface area contributed by atoms with Gasteiger partial charge in [-0.05, 0) is 31.0 Å². The summed E-state index contributed by atoms with van der Waals surface area (Å²) < 4.78 is 5.42. The molecule has 15 heavy (non-hydrogen) atoms. The molecule has 2 nitrogen and oxygen atoms in total. The van der Waals surface area contributed by atoms with E-state index in [1.165, 1.54) is 0 Å². The number of hydrogen-bond donors (Lipinski definition) is 1. The van der Waals surface area contributed by atoms with E-state index in [-0.39, 0.29) is 0 Å². The molecule has 2 aromatic rings. The van der Waals surface area contributed by atoms with E-state index in [1.54, 1.807) is 6.07 Å². The van der Waals surface area contributed by atoms with Gasteiger partial charge in [-0.3, -0.25) is 0 Å². The molecule has 80 valence electrons. The Balaban J connectivity index is 2.71. The van der Waals surface area contributed by atoms with Crippen LogP contribution in [0.4, 0.5) is 0 Å². The van der Waals surface area contributed by atoms with E-state index in [4.69, 9.17) is 16.0 Å². The molecule has 0 aliphatic heterocycles. The molecule has 0 bridgehead atoms. The SMILES string of the molecule is CCCc1cc(Cl)c2oc(C)cc2c1O. The summed E-state index contributed by atoms with van der Waals surface area (Å²) in [6, 6.07) is 3.60. The lowest BCUT2D eigenvalue weighted by molar-refractivity contribution is 0.473. The van der Waals surface area contributed by atoms with Gasteiger partial charge in [-0.1, -0.05) is 24.9 Å². The first-order chi connectivity index (χ1) is 7.13. The molecule has 0 radical (unpaired) electrons. The molecular formula is C12H13ClO2. The molecule has 0 saturated carbocycles. The van der Waals surface area contributed by atoms with Gasteiger partial charge in [0, 0.05) is 0 Å². The summed E-state index contributed by atoms with van der Waals surface area (Å²) in [5.74, 6) is 1.06. The lowest BCUT2D eigenvalue weighted by Crippen LogP contribution is -1.85. The van der Waals surface area contributed by atoms with Crippen LogP contribution < -0.4 is 0 Å². The number of phenols is 1. The van der Waals surface area contributed by atoms with E-state index in [1.807, 2.05) is 13.0 Å². The average molecular weight is 225 g/mol. The lowest BCUT2D eigenvalue weighted by Gasteiger charge is -2.04. The zero-order valence-corrected chi connectivity index (χ0v) is 9.56. The van der Waals surface area contributed by atoms with Crippen LogP contribution in [0.25, 0.3) is 11.0 Å². The van der Waals surface area contributed by atoms with Crippen molar-refractivity contribution in [2.45, 2.75) is 26.7 Å². The van der Waals surface area contributed by atoms with Gasteiger partial charge in [0.25, 0.3) is 0 Å². The maximum atomic E-state index is 10.00. The molecule has 2 rings (SSSR count). The maximum absolute atomic E-state index is 10.00. The molecule has 0 aliphatic rings. The minimum atomic E-state index is 0.299. The van der Waals surface area contributed by atoms with Crippen LogP contribution in [0, 0.1) is 6.92 Å². The molecule has 0 unspecified atom stereocenters. The third-order valence-corrected chi connectivity index (χ3v) is 2.73. The van der Waals surface area contributed by atoms with Crippen molar-refractivity contribution in [3.05, 3.63) is 28.5 Å². The molecule has 1 N–H and O–H groups in total. The quantitative estimate of drug-likeness (QED) is 0.835. The van der Waals surface area contributed by atoms with Crippen LogP contribution in [0.1, 0.15) is 24.7 Å². The number of fused-ring (bicyclic) bond motifs is 1. The summed E-state index contributed by atoms with van der Waals surface area (Å²) in [7, 11) is 0. The van der Waals surface area contributed by atoms with E-state index in [2.05, 4.69) is 6.92 Å². The van der Waals surface area contributed by atoms with Crippen LogP contribution in [0.3, 0.4) is 0 Å². The van der Waals surface area contributed by atoms with Crippen molar-refractivity contribution in [3.8, 4) is 5.75 Å². The van der Waals surface area contributed by atoms with Gasteiger partial charge in [-0.25, -0.2) is 0 Å². The van der Waals surface area contributed by atoms with E-state index < -0.39 is 0 Å². The van der Waals surface area contributed by atoms with Crippen molar-refractivity contribution in [3.63, 3.8) is 0 Å². The summed E-state index contributed by atoms with van der Waals surface area (Å²) in [6.45, 7) is 3.91. The predicted octanol–water partition coefficient (Wildman–Crippen LogP) is 4.05. The average Bonchev–Trinajstić information content (AvgIpc) is 2.57. The minimum absolute atomic E-state index is 0.299. The Hall–Kier alpha value is -1.15. The molecule has 3 heteroatoms. The molecule has 1 aromatic carbocycles. The number of furan rings is 1. The van der Waals surface area contributed by atoms with Crippen molar-refractivity contribution < 1.29 is 9.52 Å². The second-order valence-corrected chi connectivity index (χ2v) is 4.12. The summed E-state index contributed by atoms with van der Waals surface area (Å²) in [4.78, 5) is 0. The standard InChI is InChI=1S/C12H13ClO2/c1-3-4-8-6-10(13)12-9(11(8)14)5-7(2)15-12/h5-6,14H,3-4H2,1-2H3. The lowest BCUT2D eigenvalue weighted by atomic mass is 10.1. The Morgan fingerprint density at radius 2 is 2.13 bits per heavy atom. The van der Waals surface area contributed by atoms with E-state index in [9.17, 15) is 5.11 Å². The van der Waals surface area contributed by atoms with Crippen LogP contribution >= 0.6 is 11.6 Å². The molecule has 0 saturated heterocycles. The van der Waals surface area contributed by atoms with Crippen LogP contribution in [0.2, 0.25) is 5.02 Å². The Bertz CT molecular complexity index is 500. The topological polar surface area (TPSA) is 33.4 Å². The largest absolute Gasteiger partial charge is 0.507 e. The van der Waals surface area contributed by atoms with Gasteiger partial charge >= 0.3 is 0 Å². The number of halogens is 1. The molecule has 0 aliphatic carbocycles. The molecule has 0 spiro atoms. The van der Waals surface area contributed by atoms with Crippen LogP contribution in [-0.2, 0) is 6.42 Å². The summed E-state index contributed by atoms with van der Waals surface area (Å²) in [5, 5.41) is 11.3. The highest BCUT2D eigenvalue weighted by Gasteiger charge is 2.13. The summed E-state index contributed by atoms with van der Waals surface area (Å²) >= 11 is 6.08. The monoisotopic (exact) mass is 224 g/mol. The smallest absolute Gasteiger partial charge is 0.156 e. The summed E-state index contributed by atoms with van der Waals surface area (Å²) in [5.41, 5.74) is 1.46. The van der Waals surface area contributed by atoms with Gasteiger partial charge in [0.05, 0.1) is 10.4 Å². The molecular weight excluding hydrogens is 212 g/mol. The fourth-order valence-electron chi connectivity index (χ4n) is 1.79. The van der Waals surface area contributed by atoms with Gasteiger partial charge in [0.15, 0.2) is 5.58 Å². The molecule has 0 fully saturated rings. The second-order valence-electron chi connectivity index (χ2n) is 3.72. The Kier molecular flexibility index (Phi) is 2.61. The predicted molar refractivity (Wildman–Crippen MR) is 61.6 cm³/mol. The molecule has 0 atom stereocenters. The van der Waals surface area contributed by atoms with Gasteiger partial charge in [0.1, 0.15) is 11.5 Å². The van der Waals surface area contributed by atoms with Gasteiger partial charge in [-0.2, -0.15) is 0 Å². The van der Waals surface area contributed by atoms with E-state index in [0.29, 0.717) is 21.7 Å². The first-order valence-corrected chi connectivity index (χ1v) is 5.41. The first-order valence-electron chi connectivity index (χ1n) is 5.04. The number of hydrogen-bond acceptors (Lipinski definition) is 2. The number of benzene rings is 1. The third-order valence-electron chi connectivity index (χ3n) is 2.45. The Morgan fingerprint density at radius 1 is 1.40 bits per heavy atom. The number of rotatable bonds is 2. The fraction of sp³-hybridized carbons (Fsp3) is 0.333. The van der Waals surface area contributed by atoms with Crippen LogP contribution in [0.5, 0.6) is 5.75 Å². The summed E-state index contributed by atoms with van der Waals surface area (Å²) in [6.07, 6.45) is 1.80. The highest BCUT2D eigenvalue weighted by Crippen LogP contribution is 2.36. The van der Waals surface area contributed by atoms with E-state index >= 15 is 0 Å². The Labute approximate surface area is 93.5 Å². The van der Waals surface area contributed by atoms with Crippen molar-refractivity contribution in [1.82, 2.24) is 0 Å². The van der Waals surface area contributed by atoms with Gasteiger partial charge < -0.3 is 9.52 Å². The minimum Gasteiger partial charge on any atom is -0.507 e. The zero-order valence-electron chi connectivity index (χ0n) is 8.80. The maximum Gasteiger partial charge on any atom is 0.156 e. The van der Waals surface area contributed by atoms with Crippen molar-refractivity contribution in [1.29, 1.82) is 0 Å². The van der Waals surface area contributed by atoms with Crippen LogP contribution in [-0.4, -0.2) is 5.11 Å². The molecule has 0 amide bonds. The number of phenolic OH excluding ortho intramolecular Hbond substituents is 1. The zero-order chi connectivity index (χ0) is 11.0. The van der Waals surface area contributed by atoms with Crippen molar-refractivity contribution >= 4 is 22.6 Å². The second kappa shape index (κ2) is 3.78. The van der Waals surface area contributed by atoms with Crippen LogP contribution in [0.15, 0.2) is 16.5 Å². The van der Waals surface area contributed by atoms with Gasteiger partial charge in [0.2, 0.25) is 0 Å². The highest BCUT2D eigenvalue weighted by atomic mass is 35.5. The number of aryl methyl sites for hydroxylation is 2. The third kappa shape index (κ3) is 1.70. The first kappa shape index (κ1) is 10.4.